The molecule has 0 N–H and O–H groups in total. The van der Waals surface area contributed by atoms with Crippen molar-refractivity contribution >= 4 is 0 Å². The van der Waals surface area contributed by atoms with Gasteiger partial charge < -0.3 is 9.80 Å². The maximum absolute atomic E-state index is 5.94. The molecule has 0 spiro atoms. The van der Waals surface area contributed by atoms with Crippen molar-refractivity contribution in [3.63, 3.8) is 0 Å². The molecule has 0 aromatic rings. The third-order valence-corrected chi connectivity index (χ3v) is 11.3. The molecule has 0 amide bonds. The van der Waals surface area contributed by atoms with Crippen molar-refractivity contribution in [2.24, 2.45) is 29.6 Å². The monoisotopic (exact) mass is 705 g/mol. The summed E-state index contributed by atoms with van der Waals surface area (Å²) in [5.41, 5.74) is 1.70. The lowest BCUT2D eigenvalue weighted by molar-refractivity contribution is -0.300. The normalized spacial score (nSPS) is 24.0. The Morgan fingerprint density at radius 3 is 1.80 bits per heavy atom. The Balaban J connectivity index is 2.10. The van der Waals surface area contributed by atoms with Crippen molar-refractivity contribution in [1.82, 2.24) is 9.80 Å². The highest BCUT2D eigenvalue weighted by atomic mass is 17.2. The molecule has 0 radical (unpaired) electrons. The second kappa shape index (κ2) is 30.7. The van der Waals surface area contributed by atoms with Crippen molar-refractivity contribution in [2.45, 2.75) is 162 Å². The zero-order chi connectivity index (χ0) is 36.1. The average Bonchev–Trinajstić information content (AvgIpc) is 3.08. The van der Waals surface area contributed by atoms with E-state index in [-0.39, 0.29) is 0 Å². The average molecular weight is 705 g/mol. The highest BCUT2D eigenvalue weighted by Crippen LogP contribution is 2.44. The number of unbranched alkanes of at least 4 members (excludes halogenated alkanes) is 11. The standard InChI is InChI=1S/C44H84N2O4/c1-7-9-11-19-25-39-30-31-40(26-20-15-13-14-18-24-34-47-48-35-32-45(3)4)44(43(39)29-23-12-10-8-2)37-41-27-21-16-17-22-28-42(41)38-50-49-36-33-46(5)6/h30-31,37,39-40,42-44H,7-29,32-36,38H2,1-6H3/b41-37-/t39?,40-,42?,43?,44?/m1/s1. The van der Waals surface area contributed by atoms with Gasteiger partial charge in [-0.25, -0.2) is 19.6 Å². The summed E-state index contributed by atoms with van der Waals surface area (Å²) in [4.78, 5) is 26.6. The number of allylic oxidation sites excluding steroid dienone is 3. The molecule has 0 aromatic heterocycles. The van der Waals surface area contributed by atoms with Crippen LogP contribution >= 0.6 is 0 Å². The largest absolute Gasteiger partial charge is 0.307 e. The van der Waals surface area contributed by atoms with Crippen LogP contribution in [0, 0.1) is 29.6 Å². The Hall–Kier alpha value is -0.760. The SMILES string of the molecule is CCCCCCC1C=C[C@@H](CCCCCCCCOOCCN(C)C)C(/C=C2/CCCCCCC2COOCCN(C)C)C1CCCCCC. The summed E-state index contributed by atoms with van der Waals surface area (Å²) < 4.78 is 0. The van der Waals surface area contributed by atoms with Gasteiger partial charge in [0.25, 0.3) is 0 Å². The van der Waals surface area contributed by atoms with Crippen LogP contribution in [0.4, 0.5) is 0 Å². The van der Waals surface area contributed by atoms with E-state index in [4.69, 9.17) is 19.6 Å². The predicted octanol–water partition coefficient (Wildman–Crippen LogP) is 11.6. The zero-order valence-electron chi connectivity index (χ0n) is 34.2. The number of hydrogen-bond acceptors (Lipinski definition) is 6. The van der Waals surface area contributed by atoms with Crippen LogP contribution in [-0.2, 0) is 19.6 Å². The number of likely N-dealkylation sites (N-methyl/N-ethyl adjacent to an activating group) is 2. The van der Waals surface area contributed by atoms with Crippen molar-refractivity contribution in [2.75, 3.05) is 67.7 Å². The summed E-state index contributed by atoms with van der Waals surface area (Å²) in [7, 11) is 8.29. The third kappa shape index (κ3) is 21.7. The van der Waals surface area contributed by atoms with Crippen LogP contribution in [0.3, 0.4) is 0 Å². The first-order valence-corrected chi connectivity index (χ1v) is 21.6. The van der Waals surface area contributed by atoms with Crippen LogP contribution < -0.4 is 0 Å². The molecule has 2 aliphatic rings. The van der Waals surface area contributed by atoms with Crippen molar-refractivity contribution in [3.8, 4) is 0 Å². The number of hydrogen-bond donors (Lipinski definition) is 0. The molecular formula is C44H84N2O4. The van der Waals surface area contributed by atoms with Gasteiger partial charge in [0.15, 0.2) is 0 Å². The molecule has 5 atom stereocenters. The second-order valence-corrected chi connectivity index (χ2v) is 16.3. The highest BCUT2D eigenvalue weighted by Gasteiger charge is 2.35. The lowest BCUT2D eigenvalue weighted by Gasteiger charge is -2.40. The quantitative estimate of drug-likeness (QED) is 0.0321. The van der Waals surface area contributed by atoms with Gasteiger partial charge in [0.05, 0.1) is 26.4 Å². The topological polar surface area (TPSA) is 43.4 Å². The Bertz CT molecular complexity index is 831. The van der Waals surface area contributed by atoms with Crippen LogP contribution in [-0.4, -0.2) is 77.5 Å². The van der Waals surface area contributed by atoms with E-state index in [1.807, 2.05) is 0 Å². The minimum absolute atomic E-state index is 0.493. The molecule has 0 heterocycles. The van der Waals surface area contributed by atoms with E-state index in [0.717, 1.165) is 31.3 Å². The van der Waals surface area contributed by atoms with E-state index in [2.05, 4.69) is 70.1 Å². The molecule has 2 rings (SSSR count). The van der Waals surface area contributed by atoms with Crippen molar-refractivity contribution in [1.29, 1.82) is 0 Å². The molecule has 1 saturated carbocycles. The molecule has 2 aliphatic carbocycles. The fourth-order valence-corrected chi connectivity index (χ4v) is 8.14. The van der Waals surface area contributed by atoms with E-state index in [0.29, 0.717) is 44.2 Å². The smallest absolute Gasteiger partial charge is 0.0949 e. The summed E-state index contributed by atoms with van der Waals surface area (Å²) >= 11 is 0. The molecular weight excluding hydrogens is 620 g/mol. The first-order chi connectivity index (χ1) is 24.5. The van der Waals surface area contributed by atoms with Crippen LogP contribution in [0.5, 0.6) is 0 Å². The van der Waals surface area contributed by atoms with Gasteiger partial charge in [-0.3, -0.25) is 0 Å². The van der Waals surface area contributed by atoms with Crippen LogP contribution in [0.15, 0.2) is 23.8 Å². The van der Waals surface area contributed by atoms with E-state index in [1.54, 1.807) is 5.57 Å². The minimum Gasteiger partial charge on any atom is -0.307 e. The summed E-state index contributed by atoms with van der Waals surface area (Å²) in [5.74, 6) is 3.33. The first kappa shape index (κ1) is 45.4. The maximum atomic E-state index is 5.94. The van der Waals surface area contributed by atoms with E-state index in [1.165, 1.54) is 141 Å². The zero-order valence-corrected chi connectivity index (χ0v) is 34.2. The molecule has 294 valence electrons. The van der Waals surface area contributed by atoms with Gasteiger partial charge >= 0.3 is 0 Å². The molecule has 1 fully saturated rings. The van der Waals surface area contributed by atoms with Crippen LogP contribution in [0.25, 0.3) is 0 Å². The fraction of sp³-hybridized carbons (Fsp3) is 0.909. The van der Waals surface area contributed by atoms with Gasteiger partial charge in [0, 0.05) is 19.0 Å². The second-order valence-electron chi connectivity index (χ2n) is 16.3. The molecule has 0 aliphatic heterocycles. The molecule has 4 unspecified atom stereocenters. The molecule has 6 nitrogen and oxygen atoms in total. The van der Waals surface area contributed by atoms with Gasteiger partial charge in [-0.1, -0.05) is 140 Å². The van der Waals surface area contributed by atoms with Crippen LogP contribution in [0.2, 0.25) is 0 Å². The van der Waals surface area contributed by atoms with Gasteiger partial charge in [-0.05, 0) is 96.8 Å². The number of rotatable bonds is 30. The van der Waals surface area contributed by atoms with Crippen LogP contribution in [0.1, 0.15) is 162 Å². The Morgan fingerprint density at radius 1 is 0.580 bits per heavy atom. The summed E-state index contributed by atoms with van der Waals surface area (Å²) in [5, 5.41) is 0. The third-order valence-electron chi connectivity index (χ3n) is 11.3. The Morgan fingerprint density at radius 2 is 1.12 bits per heavy atom. The Labute approximate surface area is 311 Å². The summed E-state index contributed by atoms with van der Waals surface area (Å²) in [6.07, 6.45) is 38.8. The lowest BCUT2D eigenvalue weighted by atomic mass is 9.65. The van der Waals surface area contributed by atoms with Gasteiger partial charge in [-0.15, -0.1) is 0 Å². The number of nitrogens with zero attached hydrogens (tertiary/aromatic N) is 2. The maximum Gasteiger partial charge on any atom is 0.0949 e. The van der Waals surface area contributed by atoms with Gasteiger partial charge in [0.1, 0.15) is 0 Å². The molecule has 6 heteroatoms. The fourth-order valence-electron chi connectivity index (χ4n) is 8.14. The Kier molecular flexibility index (Phi) is 27.9. The molecule has 0 bridgehead atoms. The first-order valence-electron chi connectivity index (χ1n) is 21.6. The molecule has 0 saturated heterocycles. The van der Waals surface area contributed by atoms with Crippen molar-refractivity contribution < 1.29 is 19.6 Å². The van der Waals surface area contributed by atoms with Gasteiger partial charge in [0.2, 0.25) is 0 Å². The predicted molar refractivity (Wildman–Crippen MR) is 213 cm³/mol. The summed E-state index contributed by atoms with van der Waals surface area (Å²) in [6, 6.07) is 0. The van der Waals surface area contributed by atoms with E-state index in [9.17, 15) is 0 Å². The summed E-state index contributed by atoms with van der Waals surface area (Å²) in [6.45, 7) is 9.17. The minimum atomic E-state index is 0.493. The van der Waals surface area contributed by atoms with E-state index >= 15 is 0 Å². The highest BCUT2D eigenvalue weighted by molar-refractivity contribution is 5.17. The molecule has 0 aromatic carbocycles. The van der Waals surface area contributed by atoms with E-state index < -0.39 is 0 Å². The lowest BCUT2D eigenvalue weighted by Crippen LogP contribution is -2.32. The van der Waals surface area contributed by atoms with Gasteiger partial charge in [-0.2, -0.15) is 0 Å². The molecule has 50 heavy (non-hydrogen) atoms. The van der Waals surface area contributed by atoms with Crippen molar-refractivity contribution in [3.05, 3.63) is 23.8 Å².